The minimum absolute atomic E-state index is 0.0102. The highest BCUT2D eigenvalue weighted by Crippen LogP contribution is 2.17. The number of hydrogen-bond acceptors (Lipinski definition) is 3. The summed E-state index contributed by atoms with van der Waals surface area (Å²) in [6, 6.07) is 6.77. The quantitative estimate of drug-likeness (QED) is 0.856. The van der Waals surface area contributed by atoms with Gasteiger partial charge in [-0.2, -0.15) is 0 Å². The Bertz CT molecular complexity index is 668. The first-order valence-corrected chi connectivity index (χ1v) is 7.01. The number of hydrogen-bond donors (Lipinski definition) is 0. The van der Waals surface area contributed by atoms with Crippen molar-refractivity contribution in [3.63, 3.8) is 0 Å². The highest BCUT2D eigenvalue weighted by Gasteiger charge is 2.16. The molecule has 0 saturated carbocycles. The fourth-order valence-electron chi connectivity index (χ4n) is 1.66. The van der Waals surface area contributed by atoms with E-state index in [0.717, 1.165) is 11.6 Å². The first kappa shape index (κ1) is 12.7. The van der Waals surface area contributed by atoms with E-state index in [1.807, 2.05) is 6.92 Å². The van der Waals surface area contributed by atoms with Crippen LogP contribution in [0.25, 0.3) is 0 Å². The van der Waals surface area contributed by atoms with E-state index in [0.29, 0.717) is 5.56 Å². The number of benzene rings is 1. The van der Waals surface area contributed by atoms with E-state index in [-0.39, 0.29) is 10.6 Å². The van der Waals surface area contributed by atoms with Gasteiger partial charge in [-0.3, -0.25) is 4.98 Å². The second-order valence-electron chi connectivity index (χ2n) is 4.09. The predicted octanol–water partition coefficient (Wildman–Crippen LogP) is 2.50. The van der Waals surface area contributed by atoms with Gasteiger partial charge in [0.1, 0.15) is 5.82 Å². The molecule has 0 aliphatic rings. The van der Waals surface area contributed by atoms with Gasteiger partial charge in [0.25, 0.3) is 0 Å². The molecule has 0 amide bonds. The normalized spacial score (nSPS) is 11.4. The van der Waals surface area contributed by atoms with E-state index in [4.69, 9.17) is 0 Å². The molecule has 1 aromatic carbocycles. The molecule has 94 valence electrons. The van der Waals surface area contributed by atoms with E-state index >= 15 is 0 Å². The molecular formula is C13H12FNO2S. The maximum absolute atomic E-state index is 13.0. The van der Waals surface area contributed by atoms with Crippen molar-refractivity contribution in [2.24, 2.45) is 0 Å². The third-order valence-corrected chi connectivity index (χ3v) is 4.13. The van der Waals surface area contributed by atoms with E-state index in [2.05, 4.69) is 4.98 Å². The summed E-state index contributed by atoms with van der Waals surface area (Å²) >= 11 is 0. The molecule has 0 N–H and O–H groups in total. The van der Waals surface area contributed by atoms with Crippen LogP contribution < -0.4 is 0 Å². The Morgan fingerprint density at radius 3 is 2.67 bits per heavy atom. The van der Waals surface area contributed by atoms with Crippen LogP contribution >= 0.6 is 0 Å². The Balaban J connectivity index is 2.33. The summed E-state index contributed by atoms with van der Waals surface area (Å²) in [6.45, 7) is 1.84. The van der Waals surface area contributed by atoms with Gasteiger partial charge in [0, 0.05) is 12.4 Å². The van der Waals surface area contributed by atoms with Gasteiger partial charge >= 0.3 is 0 Å². The van der Waals surface area contributed by atoms with Gasteiger partial charge < -0.3 is 0 Å². The number of halogens is 1. The lowest BCUT2D eigenvalue weighted by Gasteiger charge is -2.05. The van der Waals surface area contributed by atoms with Gasteiger partial charge in [0.2, 0.25) is 0 Å². The molecule has 2 aromatic rings. The van der Waals surface area contributed by atoms with Crippen molar-refractivity contribution in [1.82, 2.24) is 4.98 Å². The largest absolute Gasteiger partial charge is 0.264 e. The van der Waals surface area contributed by atoms with E-state index in [9.17, 15) is 12.8 Å². The van der Waals surface area contributed by atoms with Crippen LogP contribution in [0.5, 0.6) is 0 Å². The number of pyridine rings is 1. The first-order valence-electron chi connectivity index (χ1n) is 5.36. The van der Waals surface area contributed by atoms with E-state index in [1.165, 1.54) is 24.4 Å². The van der Waals surface area contributed by atoms with E-state index in [1.54, 1.807) is 12.3 Å². The molecule has 0 aliphatic heterocycles. The average Bonchev–Trinajstić information content (AvgIpc) is 2.28. The monoisotopic (exact) mass is 265 g/mol. The first-order chi connectivity index (χ1) is 8.47. The van der Waals surface area contributed by atoms with Gasteiger partial charge in [-0.05, 0) is 36.2 Å². The zero-order chi connectivity index (χ0) is 13.2. The molecule has 0 bridgehead atoms. The maximum atomic E-state index is 13.0. The zero-order valence-corrected chi connectivity index (χ0v) is 10.6. The highest BCUT2D eigenvalue weighted by molar-refractivity contribution is 7.90. The minimum atomic E-state index is -3.53. The molecule has 5 heteroatoms. The predicted molar refractivity (Wildman–Crippen MR) is 66.3 cm³/mol. The Morgan fingerprint density at radius 2 is 2.00 bits per heavy atom. The third kappa shape index (κ3) is 2.92. The summed E-state index contributed by atoms with van der Waals surface area (Å²) in [5, 5.41) is 0. The van der Waals surface area contributed by atoms with Crippen LogP contribution in [0.1, 0.15) is 11.1 Å². The third-order valence-electron chi connectivity index (χ3n) is 2.44. The molecule has 18 heavy (non-hydrogen) atoms. The molecular weight excluding hydrogens is 253 g/mol. The topological polar surface area (TPSA) is 47.0 Å². The summed E-state index contributed by atoms with van der Waals surface area (Å²) in [5.41, 5.74) is 1.49. The van der Waals surface area contributed by atoms with Crippen molar-refractivity contribution < 1.29 is 12.8 Å². The highest BCUT2D eigenvalue weighted by atomic mass is 32.2. The molecule has 3 nitrogen and oxygen atoms in total. The van der Waals surface area contributed by atoms with Crippen molar-refractivity contribution in [1.29, 1.82) is 0 Å². The molecule has 0 radical (unpaired) electrons. The number of sulfone groups is 1. The number of rotatable bonds is 3. The van der Waals surface area contributed by atoms with Gasteiger partial charge in [-0.25, -0.2) is 12.8 Å². The summed E-state index contributed by atoms with van der Waals surface area (Å²) in [7, 11) is -3.53. The van der Waals surface area contributed by atoms with Gasteiger partial charge in [0.05, 0.1) is 10.6 Å². The SMILES string of the molecule is Cc1cncc(CS(=O)(=O)c2cccc(F)c2)c1. The molecule has 0 fully saturated rings. The number of aromatic nitrogens is 1. The summed E-state index contributed by atoms with van der Waals surface area (Å²) < 4.78 is 37.2. The van der Waals surface area contributed by atoms with Crippen LogP contribution in [0.15, 0.2) is 47.6 Å². The Hall–Kier alpha value is -1.75. The molecule has 1 aromatic heterocycles. The minimum Gasteiger partial charge on any atom is -0.264 e. The van der Waals surface area contributed by atoms with Gasteiger partial charge in [-0.15, -0.1) is 0 Å². The molecule has 2 rings (SSSR count). The van der Waals surface area contributed by atoms with Crippen molar-refractivity contribution >= 4 is 9.84 Å². The zero-order valence-electron chi connectivity index (χ0n) is 9.80. The molecule has 0 atom stereocenters. The smallest absolute Gasteiger partial charge is 0.182 e. The Labute approximate surface area is 105 Å². The van der Waals surface area contributed by atoms with Crippen molar-refractivity contribution in [2.75, 3.05) is 0 Å². The Morgan fingerprint density at radius 1 is 1.22 bits per heavy atom. The lowest BCUT2D eigenvalue weighted by atomic mass is 10.2. The van der Waals surface area contributed by atoms with Crippen molar-refractivity contribution in [3.8, 4) is 0 Å². The van der Waals surface area contributed by atoms with Crippen molar-refractivity contribution in [3.05, 3.63) is 59.7 Å². The number of nitrogens with zero attached hydrogens (tertiary/aromatic N) is 1. The summed E-state index contributed by atoms with van der Waals surface area (Å²) in [6.07, 6.45) is 3.15. The maximum Gasteiger partial charge on any atom is 0.182 e. The average molecular weight is 265 g/mol. The van der Waals surface area contributed by atoms with Gasteiger partial charge in [-0.1, -0.05) is 12.1 Å². The van der Waals surface area contributed by atoms with Crippen LogP contribution in [0.4, 0.5) is 4.39 Å². The van der Waals surface area contributed by atoms with Crippen LogP contribution in [0.3, 0.4) is 0 Å². The molecule has 1 heterocycles. The summed E-state index contributed by atoms with van der Waals surface area (Å²) in [4.78, 5) is 3.93. The van der Waals surface area contributed by atoms with Crippen LogP contribution in [0, 0.1) is 12.7 Å². The van der Waals surface area contributed by atoms with Crippen LogP contribution in [-0.2, 0) is 15.6 Å². The van der Waals surface area contributed by atoms with Gasteiger partial charge in [0.15, 0.2) is 9.84 Å². The fraction of sp³-hybridized carbons (Fsp3) is 0.154. The second kappa shape index (κ2) is 4.86. The summed E-state index contributed by atoms with van der Waals surface area (Å²) in [5.74, 6) is -0.732. The Kier molecular flexibility index (Phi) is 3.43. The molecule has 0 spiro atoms. The van der Waals surface area contributed by atoms with E-state index < -0.39 is 15.7 Å². The number of aryl methyl sites for hydroxylation is 1. The molecule has 0 unspecified atom stereocenters. The van der Waals surface area contributed by atoms with Crippen LogP contribution in [0.2, 0.25) is 0 Å². The fourth-order valence-corrected chi connectivity index (χ4v) is 3.00. The molecule has 0 aliphatic carbocycles. The lowest BCUT2D eigenvalue weighted by molar-refractivity contribution is 0.590. The van der Waals surface area contributed by atoms with Crippen molar-refractivity contribution in [2.45, 2.75) is 17.6 Å². The standard InChI is InChI=1S/C13H12FNO2S/c1-10-5-11(8-15-7-10)9-18(16,17)13-4-2-3-12(14)6-13/h2-8H,9H2,1H3. The second-order valence-corrected chi connectivity index (χ2v) is 6.08. The molecule has 0 saturated heterocycles. The van der Waals surface area contributed by atoms with Crippen LogP contribution in [-0.4, -0.2) is 13.4 Å². The lowest BCUT2D eigenvalue weighted by Crippen LogP contribution is -2.05.